The van der Waals surface area contributed by atoms with Gasteiger partial charge < -0.3 is 19.2 Å². The molecule has 0 saturated carbocycles. The third-order valence-electron chi connectivity index (χ3n) is 6.12. The lowest BCUT2D eigenvalue weighted by atomic mass is 9.90. The van der Waals surface area contributed by atoms with Crippen LogP contribution in [-0.4, -0.2) is 18.1 Å². The summed E-state index contributed by atoms with van der Waals surface area (Å²) in [6.07, 6.45) is 4.60. The fraction of sp³-hybridized carbons (Fsp3) is 0.370. The zero-order valence-corrected chi connectivity index (χ0v) is 20.4. The van der Waals surface area contributed by atoms with Gasteiger partial charge in [-0.3, -0.25) is 0 Å². The molecule has 1 aromatic heterocycles. The van der Waals surface area contributed by atoms with Crippen LogP contribution < -0.4 is 15.7 Å². The summed E-state index contributed by atoms with van der Waals surface area (Å²) < 4.78 is 16.3. The fourth-order valence-electron chi connectivity index (χ4n) is 4.27. The number of unbranched alkanes of at least 4 members (excludes halogenated alkanes) is 1. The van der Waals surface area contributed by atoms with Gasteiger partial charge in [0.1, 0.15) is 18.2 Å². The number of halogens is 1. The van der Waals surface area contributed by atoms with Gasteiger partial charge in [0.2, 0.25) is 0 Å². The number of alkyl carbamates (subject to hydrolysis) is 1. The Bertz CT molecular complexity index is 1270. The van der Waals surface area contributed by atoms with Gasteiger partial charge in [-0.25, -0.2) is 14.4 Å². The Morgan fingerprint density at radius 2 is 1.86 bits per heavy atom. The van der Waals surface area contributed by atoms with Crippen molar-refractivity contribution in [2.45, 2.75) is 64.5 Å². The quantitative estimate of drug-likeness (QED) is 0.243. The van der Waals surface area contributed by atoms with E-state index in [1.807, 2.05) is 37.3 Å². The number of benzene rings is 2. The van der Waals surface area contributed by atoms with Crippen molar-refractivity contribution in [2.24, 2.45) is 0 Å². The number of hydrogen-bond acceptors (Lipinski definition) is 6. The van der Waals surface area contributed by atoms with Crippen LogP contribution in [0.25, 0.3) is 11.0 Å². The Morgan fingerprint density at radius 3 is 2.60 bits per heavy atom. The summed E-state index contributed by atoms with van der Waals surface area (Å²) >= 11 is 6.45. The smallest absolute Gasteiger partial charge is 0.408 e. The zero-order chi connectivity index (χ0) is 24.8. The Kier molecular flexibility index (Phi) is 8.08. The molecule has 0 aliphatic heterocycles. The molecule has 7 nitrogen and oxygen atoms in total. The van der Waals surface area contributed by atoms with Crippen molar-refractivity contribution in [2.75, 3.05) is 0 Å². The van der Waals surface area contributed by atoms with Crippen molar-refractivity contribution in [3.8, 4) is 5.75 Å². The molecule has 1 amide bonds. The molecule has 1 atom stereocenters. The van der Waals surface area contributed by atoms with Gasteiger partial charge in [-0.2, -0.15) is 0 Å². The second kappa shape index (κ2) is 11.4. The molecule has 1 heterocycles. The minimum atomic E-state index is -0.916. The molecule has 1 N–H and O–H groups in total. The van der Waals surface area contributed by atoms with E-state index >= 15 is 0 Å². The maximum atomic E-state index is 13.0. The number of carbonyl (C=O) groups excluding carboxylic acids is 2. The van der Waals surface area contributed by atoms with Crippen LogP contribution in [-0.2, 0) is 29.0 Å². The van der Waals surface area contributed by atoms with Crippen LogP contribution in [0.1, 0.15) is 55.7 Å². The van der Waals surface area contributed by atoms with Crippen LogP contribution in [0.4, 0.5) is 4.79 Å². The summed E-state index contributed by atoms with van der Waals surface area (Å²) in [6, 6.07) is 11.5. The molecule has 2 aromatic carbocycles. The molecule has 0 spiro atoms. The maximum Gasteiger partial charge on any atom is 0.408 e. The topological polar surface area (TPSA) is 94.8 Å². The summed E-state index contributed by atoms with van der Waals surface area (Å²) in [7, 11) is 0. The van der Waals surface area contributed by atoms with Crippen LogP contribution in [0.15, 0.2) is 51.7 Å². The second-order valence-electron chi connectivity index (χ2n) is 8.65. The van der Waals surface area contributed by atoms with E-state index in [0.717, 1.165) is 42.2 Å². The minimum Gasteiger partial charge on any atom is -0.445 e. The molecule has 0 unspecified atom stereocenters. The van der Waals surface area contributed by atoms with Gasteiger partial charge in [0.25, 0.3) is 0 Å². The molecule has 8 heteroatoms. The standard InChI is InChI=1S/C27H28ClNO6/c1-2-3-13-22(29-27(32)33-16-17-9-5-4-6-10-17)26(31)35-24-15-23-20(14-21(24)28)18-11-7-8-12-19(18)25(30)34-23/h4-6,9-10,14-15,22H,2-3,7-8,11-13,16H2,1H3,(H,29,32)/t22-/m0/s1. The summed E-state index contributed by atoms with van der Waals surface area (Å²) in [6.45, 7) is 2.07. The Balaban J connectivity index is 1.49. The van der Waals surface area contributed by atoms with Crippen LogP contribution in [0.2, 0.25) is 5.02 Å². The predicted molar refractivity (Wildman–Crippen MR) is 133 cm³/mol. The van der Waals surface area contributed by atoms with Gasteiger partial charge in [-0.1, -0.05) is 61.7 Å². The van der Waals surface area contributed by atoms with Crippen molar-refractivity contribution in [3.63, 3.8) is 0 Å². The van der Waals surface area contributed by atoms with Crippen molar-refractivity contribution in [1.29, 1.82) is 0 Å². The lowest BCUT2D eigenvalue weighted by Gasteiger charge is -2.19. The number of hydrogen-bond donors (Lipinski definition) is 1. The summed E-state index contributed by atoms with van der Waals surface area (Å²) in [5, 5.41) is 3.59. The predicted octanol–water partition coefficient (Wildman–Crippen LogP) is 5.72. The molecule has 0 bridgehead atoms. The zero-order valence-electron chi connectivity index (χ0n) is 19.6. The summed E-state index contributed by atoms with van der Waals surface area (Å²) in [5.41, 5.74) is 2.44. The number of esters is 1. The van der Waals surface area contributed by atoms with Crippen LogP contribution in [0.3, 0.4) is 0 Å². The van der Waals surface area contributed by atoms with Gasteiger partial charge in [0, 0.05) is 17.0 Å². The maximum absolute atomic E-state index is 13.0. The van der Waals surface area contributed by atoms with Crippen molar-refractivity contribution in [3.05, 3.63) is 74.6 Å². The summed E-state index contributed by atoms with van der Waals surface area (Å²) in [5.74, 6) is -0.597. The first-order valence-corrected chi connectivity index (χ1v) is 12.3. The van der Waals surface area contributed by atoms with Gasteiger partial charge in [-0.05, 0) is 49.3 Å². The molecule has 184 valence electrons. The molecule has 3 aromatic rings. The average Bonchev–Trinajstić information content (AvgIpc) is 2.87. The first-order valence-electron chi connectivity index (χ1n) is 11.9. The van der Waals surface area contributed by atoms with Crippen molar-refractivity contribution in [1.82, 2.24) is 5.32 Å². The summed E-state index contributed by atoms with van der Waals surface area (Å²) in [4.78, 5) is 37.8. The molecule has 1 aliphatic carbocycles. The van der Waals surface area contributed by atoms with Crippen LogP contribution in [0.5, 0.6) is 5.75 Å². The number of amides is 1. The molecule has 35 heavy (non-hydrogen) atoms. The van der Waals surface area contributed by atoms with E-state index in [-0.39, 0.29) is 23.0 Å². The molecular weight excluding hydrogens is 470 g/mol. The highest BCUT2D eigenvalue weighted by Crippen LogP contribution is 2.34. The Morgan fingerprint density at radius 1 is 1.11 bits per heavy atom. The number of ether oxygens (including phenoxy) is 2. The Hall–Kier alpha value is -3.32. The first-order chi connectivity index (χ1) is 17.0. The van der Waals surface area contributed by atoms with E-state index in [1.54, 1.807) is 6.07 Å². The molecule has 1 aliphatic rings. The molecule has 0 saturated heterocycles. The molecule has 4 rings (SSSR count). The van der Waals surface area contributed by atoms with E-state index in [9.17, 15) is 14.4 Å². The van der Waals surface area contributed by atoms with E-state index in [4.69, 9.17) is 25.5 Å². The van der Waals surface area contributed by atoms with Gasteiger partial charge in [0.15, 0.2) is 5.75 Å². The normalized spacial score (nSPS) is 13.7. The van der Waals surface area contributed by atoms with Crippen LogP contribution >= 0.6 is 11.6 Å². The highest BCUT2D eigenvalue weighted by Gasteiger charge is 2.25. The van der Waals surface area contributed by atoms with Crippen LogP contribution in [0, 0.1) is 0 Å². The van der Waals surface area contributed by atoms with Gasteiger partial charge in [0.05, 0.1) is 5.02 Å². The molecule has 0 fully saturated rings. The number of carbonyl (C=O) groups is 2. The number of fused-ring (bicyclic) bond motifs is 3. The van der Waals surface area contributed by atoms with E-state index < -0.39 is 18.1 Å². The van der Waals surface area contributed by atoms with Gasteiger partial charge >= 0.3 is 17.7 Å². The highest BCUT2D eigenvalue weighted by molar-refractivity contribution is 6.33. The second-order valence-corrected chi connectivity index (χ2v) is 9.06. The number of nitrogens with one attached hydrogen (secondary N) is 1. The van der Waals surface area contributed by atoms with E-state index in [0.29, 0.717) is 30.4 Å². The first kappa shape index (κ1) is 24.8. The highest BCUT2D eigenvalue weighted by atomic mass is 35.5. The lowest BCUT2D eigenvalue weighted by Crippen LogP contribution is -2.43. The monoisotopic (exact) mass is 497 g/mol. The minimum absolute atomic E-state index is 0.0732. The third kappa shape index (κ3) is 6.03. The number of aryl methyl sites for hydroxylation is 1. The SMILES string of the molecule is CCCC[C@H](NC(=O)OCc1ccccc1)C(=O)Oc1cc2oc(=O)c3c(c2cc1Cl)CCCC3. The van der Waals surface area contributed by atoms with E-state index in [2.05, 4.69) is 5.32 Å². The lowest BCUT2D eigenvalue weighted by molar-refractivity contribution is -0.136. The fourth-order valence-corrected chi connectivity index (χ4v) is 4.47. The average molecular weight is 498 g/mol. The van der Waals surface area contributed by atoms with Crippen molar-refractivity contribution < 1.29 is 23.5 Å². The molecule has 0 radical (unpaired) electrons. The molecular formula is C27H28ClNO6. The number of rotatable bonds is 8. The van der Waals surface area contributed by atoms with Crippen molar-refractivity contribution >= 4 is 34.6 Å². The Labute approximate surface area is 208 Å². The van der Waals surface area contributed by atoms with Gasteiger partial charge in [-0.15, -0.1) is 0 Å². The van der Waals surface area contributed by atoms with E-state index in [1.165, 1.54) is 6.07 Å². The largest absolute Gasteiger partial charge is 0.445 e. The third-order valence-corrected chi connectivity index (χ3v) is 6.42.